The van der Waals surface area contributed by atoms with E-state index in [2.05, 4.69) is 9.71 Å². The molecule has 0 spiro atoms. The number of rotatable bonds is 5. The number of sulfonamides is 1. The number of nitrogens with one attached hydrogen (secondary N) is 1. The summed E-state index contributed by atoms with van der Waals surface area (Å²) in [6.45, 7) is 1.57. The second-order valence-electron chi connectivity index (χ2n) is 5.87. The van der Waals surface area contributed by atoms with E-state index in [1.54, 1.807) is 12.1 Å². The molecule has 0 aromatic heterocycles. The molecule has 0 saturated carbocycles. The first-order valence-corrected chi connectivity index (χ1v) is 9.55. The van der Waals surface area contributed by atoms with Gasteiger partial charge in [0.15, 0.2) is 0 Å². The molecule has 8 nitrogen and oxygen atoms in total. The van der Waals surface area contributed by atoms with Gasteiger partial charge in [-0.3, -0.25) is 4.79 Å². The highest BCUT2D eigenvalue weighted by Gasteiger charge is 2.23. The van der Waals surface area contributed by atoms with E-state index in [-0.39, 0.29) is 24.3 Å². The molecule has 1 saturated heterocycles. The molecule has 1 aromatic carbocycles. The van der Waals surface area contributed by atoms with Crippen molar-refractivity contribution in [2.45, 2.75) is 25.3 Å². The summed E-state index contributed by atoms with van der Waals surface area (Å²) in [5.74, 6) is -0.217. The Hall–Kier alpha value is -1.84. The molecule has 1 aromatic rings. The van der Waals surface area contributed by atoms with Crippen molar-refractivity contribution in [3.63, 3.8) is 0 Å². The van der Waals surface area contributed by atoms with Gasteiger partial charge in [0, 0.05) is 18.8 Å². The van der Waals surface area contributed by atoms with Crippen LogP contribution in [-0.4, -0.2) is 50.6 Å². The summed E-state index contributed by atoms with van der Waals surface area (Å²) in [7, 11) is -3.54. The molecular weight excluding hydrogens is 366 g/mol. The largest absolute Gasteiger partial charge is 0.369 e. The fraction of sp³-hybridized carbons (Fsp3) is 0.467. The topological polar surface area (TPSA) is 131 Å². The van der Waals surface area contributed by atoms with Crippen LogP contribution in [0.5, 0.6) is 0 Å². The minimum atomic E-state index is -3.54. The Kier molecular flexibility index (Phi) is 7.65. The normalized spacial score (nSPS) is 16.2. The number of likely N-dealkylation sites (tertiary alicyclic amines) is 1. The zero-order chi connectivity index (χ0) is 17.7. The lowest BCUT2D eigenvalue weighted by atomic mass is 10.1. The van der Waals surface area contributed by atoms with Gasteiger partial charge in [0.1, 0.15) is 0 Å². The molecule has 10 heteroatoms. The Bertz CT molecular complexity index is 715. The van der Waals surface area contributed by atoms with Gasteiger partial charge in [0.25, 0.3) is 10.0 Å². The lowest BCUT2D eigenvalue weighted by Crippen LogP contribution is -2.43. The molecule has 1 heterocycles. The summed E-state index contributed by atoms with van der Waals surface area (Å²) in [5, 5.41) is 2.69. The van der Waals surface area contributed by atoms with Gasteiger partial charge < -0.3 is 21.7 Å². The van der Waals surface area contributed by atoms with E-state index >= 15 is 0 Å². The number of benzene rings is 1. The van der Waals surface area contributed by atoms with E-state index in [9.17, 15) is 13.2 Å². The highest BCUT2D eigenvalue weighted by Crippen LogP contribution is 2.13. The lowest BCUT2D eigenvalue weighted by molar-refractivity contribution is -0.131. The number of nitrogens with zero attached hydrogens (tertiary/aromatic N) is 2. The number of amides is 1. The van der Waals surface area contributed by atoms with Gasteiger partial charge in [0.2, 0.25) is 11.9 Å². The maximum Gasteiger partial charge on any atom is 0.253 e. The molecule has 140 valence electrons. The van der Waals surface area contributed by atoms with Crippen molar-refractivity contribution in [2.24, 2.45) is 15.9 Å². The second kappa shape index (κ2) is 9.02. The third kappa shape index (κ3) is 6.89. The smallest absolute Gasteiger partial charge is 0.253 e. The molecular formula is C15H24ClN5O3S. The minimum absolute atomic E-state index is 0. The molecule has 5 N–H and O–H groups in total. The van der Waals surface area contributed by atoms with Crippen LogP contribution in [0, 0.1) is 0 Å². The van der Waals surface area contributed by atoms with Crippen LogP contribution in [0.4, 0.5) is 5.69 Å². The molecule has 2 rings (SSSR count). The third-order valence-corrected chi connectivity index (χ3v) is 4.21. The molecule has 0 unspecified atom stereocenters. The Morgan fingerprint density at radius 2 is 1.84 bits per heavy atom. The van der Waals surface area contributed by atoms with Crippen molar-refractivity contribution in [3.8, 4) is 0 Å². The van der Waals surface area contributed by atoms with Gasteiger partial charge in [-0.15, -0.1) is 16.8 Å². The van der Waals surface area contributed by atoms with Crippen molar-refractivity contribution in [2.75, 3.05) is 24.7 Å². The van der Waals surface area contributed by atoms with Gasteiger partial charge in [0.05, 0.1) is 12.3 Å². The fourth-order valence-corrected chi connectivity index (χ4v) is 2.99. The van der Waals surface area contributed by atoms with Gasteiger partial charge in [-0.1, -0.05) is 12.1 Å². The van der Waals surface area contributed by atoms with E-state index in [4.69, 9.17) is 11.5 Å². The number of carbonyl (C=O) groups is 1. The standard InChI is InChI=1S/C15H23N5O3S.ClH/c1-24(22,23)19-15(17)18-12-6-4-11(5-7-12)10-13(16)14(21)20-8-2-3-9-20;/h4-7,13H,2-3,8-10,16H2,1H3,(H3,17,18,19);1H/t13-;/m0./s1. The van der Waals surface area contributed by atoms with Crippen LogP contribution in [-0.2, 0) is 21.2 Å². The Morgan fingerprint density at radius 3 is 2.36 bits per heavy atom. The van der Waals surface area contributed by atoms with Crippen LogP contribution >= 0.6 is 12.4 Å². The molecule has 1 amide bonds. The first kappa shape index (κ1) is 21.2. The first-order valence-electron chi connectivity index (χ1n) is 7.70. The molecule has 25 heavy (non-hydrogen) atoms. The first-order chi connectivity index (χ1) is 11.2. The van der Waals surface area contributed by atoms with Crippen molar-refractivity contribution < 1.29 is 13.2 Å². The SMILES string of the molecule is CS(=O)(=O)/N=C(\N)Nc1ccc(C[C@H](N)C(=O)N2CCCC2)cc1.Cl. The van der Waals surface area contributed by atoms with Gasteiger partial charge >= 0.3 is 0 Å². The van der Waals surface area contributed by atoms with Crippen LogP contribution in [0.3, 0.4) is 0 Å². The quantitative estimate of drug-likeness (QED) is 0.490. The summed E-state index contributed by atoms with van der Waals surface area (Å²) >= 11 is 0. The lowest BCUT2D eigenvalue weighted by Gasteiger charge is -2.20. The maximum absolute atomic E-state index is 12.2. The van der Waals surface area contributed by atoms with E-state index in [0.29, 0.717) is 12.1 Å². The monoisotopic (exact) mass is 389 g/mol. The number of guanidine groups is 1. The molecule has 1 atom stereocenters. The third-order valence-electron chi connectivity index (χ3n) is 3.68. The number of halogens is 1. The predicted molar refractivity (Wildman–Crippen MR) is 101 cm³/mol. The number of hydrogen-bond donors (Lipinski definition) is 3. The Balaban J connectivity index is 0.00000312. The Morgan fingerprint density at radius 1 is 1.28 bits per heavy atom. The number of hydrogen-bond acceptors (Lipinski definition) is 4. The summed E-state index contributed by atoms with van der Waals surface area (Å²) in [5.41, 5.74) is 13.0. The molecule has 0 radical (unpaired) electrons. The zero-order valence-corrected chi connectivity index (χ0v) is 15.6. The Labute approximate surface area is 154 Å². The average Bonchev–Trinajstić information content (AvgIpc) is 3.00. The average molecular weight is 390 g/mol. The van der Waals surface area contributed by atoms with E-state index in [1.165, 1.54) is 0 Å². The number of nitrogens with two attached hydrogens (primary N) is 2. The van der Waals surface area contributed by atoms with Crippen LogP contribution in [0.15, 0.2) is 28.7 Å². The zero-order valence-electron chi connectivity index (χ0n) is 14.0. The van der Waals surface area contributed by atoms with Crippen molar-refractivity contribution in [1.82, 2.24) is 4.90 Å². The number of carbonyl (C=O) groups excluding carboxylic acids is 1. The highest BCUT2D eigenvalue weighted by molar-refractivity contribution is 7.89. The van der Waals surface area contributed by atoms with Crippen molar-refractivity contribution in [3.05, 3.63) is 29.8 Å². The van der Waals surface area contributed by atoms with Crippen molar-refractivity contribution >= 4 is 40.0 Å². The van der Waals surface area contributed by atoms with Crippen LogP contribution in [0.25, 0.3) is 0 Å². The molecule has 1 aliphatic heterocycles. The minimum Gasteiger partial charge on any atom is -0.369 e. The summed E-state index contributed by atoms with van der Waals surface area (Å²) in [6, 6.07) is 6.53. The molecule has 1 fully saturated rings. The van der Waals surface area contributed by atoms with E-state index < -0.39 is 16.1 Å². The van der Waals surface area contributed by atoms with E-state index in [1.807, 2.05) is 17.0 Å². The van der Waals surface area contributed by atoms with Crippen molar-refractivity contribution in [1.29, 1.82) is 0 Å². The van der Waals surface area contributed by atoms with Crippen LogP contribution < -0.4 is 16.8 Å². The fourth-order valence-electron chi connectivity index (χ4n) is 2.59. The molecule has 0 aliphatic carbocycles. The highest BCUT2D eigenvalue weighted by atomic mass is 35.5. The predicted octanol–water partition coefficient (Wildman–Crippen LogP) is 0.287. The molecule has 1 aliphatic rings. The number of anilines is 1. The van der Waals surface area contributed by atoms with Gasteiger partial charge in [-0.05, 0) is 37.0 Å². The summed E-state index contributed by atoms with van der Waals surface area (Å²) < 4.78 is 25.4. The van der Waals surface area contributed by atoms with Gasteiger partial charge in [-0.2, -0.15) is 0 Å². The summed E-state index contributed by atoms with van der Waals surface area (Å²) in [4.78, 5) is 14.0. The second-order valence-corrected chi connectivity index (χ2v) is 7.52. The van der Waals surface area contributed by atoms with Crippen LogP contribution in [0.1, 0.15) is 18.4 Å². The van der Waals surface area contributed by atoms with E-state index in [0.717, 1.165) is 37.8 Å². The molecule has 0 bridgehead atoms. The summed E-state index contributed by atoms with van der Waals surface area (Å²) in [6.07, 6.45) is 3.48. The maximum atomic E-state index is 12.2. The van der Waals surface area contributed by atoms with Crippen LogP contribution in [0.2, 0.25) is 0 Å². The van der Waals surface area contributed by atoms with Gasteiger partial charge in [-0.25, -0.2) is 8.42 Å².